The van der Waals surface area contributed by atoms with Crippen molar-refractivity contribution in [3.05, 3.63) is 47.6 Å². The van der Waals surface area contributed by atoms with E-state index in [0.29, 0.717) is 5.82 Å². The molecule has 1 aliphatic carbocycles. The van der Waals surface area contributed by atoms with Crippen molar-refractivity contribution in [1.29, 1.82) is 0 Å². The Morgan fingerprint density at radius 2 is 1.85 bits per heavy atom. The zero-order chi connectivity index (χ0) is 14.2. The van der Waals surface area contributed by atoms with Crippen LogP contribution in [0.2, 0.25) is 0 Å². The lowest BCUT2D eigenvalue weighted by atomic mass is 9.93. The van der Waals surface area contributed by atoms with Crippen LogP contribution in [-0.4, -0.2) is 10.1 Å². The van der Waals surface area contributed by atoms with Crippen LogP contribution >= 0.6 is 0 Å². The lowest BCUT2D eigenvalue weighted by molar-refractivity contribution is 0.327. The molecule has 0 radical (unpaired) electrons. The highest BCUT2D eigenvalue weighted by atomic mass is 16.5. The molecule has 0 amide bonds. The number of nitrogens with zero attached hydrogens (tertiary/aromatic N) is 2. The molecule has 1 aromatic carbocycles. The van der Waals surface area contributed by atoms with Gasteiger partial charge in [-0.25, -0.2) is 0 Å². The average Bonchev–Trinajstić information content (AvgIpc) is 3.17. The summed E-state index contributed by atoms with van der Waals surface area (Å²) in [5.41, 5.74) is 7.05. The van der Waals surface area contributed by atoms with Crippen molar-refractivity contribution in [2.75, 3.05) is 0 Å². The maximum absolute atomic E-state index is 6.35. The Labute approximate surface area is 119 Å². The molecule has 1 saturated carbocycles. The molecule has 0 unspecified atom stereocenters. The number of benzene rings is 1. The second kappa shape index (κ2) is 4.70. The maximum Gasteiger partial charge on any atom is 0.237 e. The van der Waals surface area contributed by atoms with Crippen LogP contribution in [0, 0.1) is 0 Å². The smallest absolute Gasteiger partial charge is 0.237 e. The van der Waals surface area contributed by atoms with Crippen LogP contribution in [-0.2, 0) is 11.0 Å². The quantitative estimate of drug-likeness (QED) is 0.907. The first kappa shape index (κ1) is 13.3. The summed E-state index contributed by atoms with van der Waals surface area (Å²) in [6, 6.07) is 10.4. The molecule has 0 bridgehead atoms. The predicted octanol–water partition coefficient (Wildman–Crippen LogP) is 3.12. The fraction of sp³-hybridized carbons (Fsp3) is 0.500. The second-order valence-corrected chi connectivity index (χ2v) is 5.73. The third-order valence-electron chi connectivity index (χ3n) is 4.62. The van der Waals surface area contributed by atoms with E-state index in [1.165, 1.54) is 5.56 Å². The predicted molar refractivity (Wildman–Crippen MR) is 77.2 cm³/mol. The van der Waals surface area contributed by atoms with Crippen LogP contribution in [0.4, 0.5) is 0 Å². The fourth-order valence-corrected chi connectivity index (χ4v) is 2.69. The number of rotatable bonds is 5. The Morgan fingerprint density at radius 1 is 1.20 bits per heavy atom. The van der Waals surface area contributed by atoms with Crippen LogP contribution in [0.25, 0.3) is 0 Å². The van der Waals surface area contributed by atoms with Crippen molar-refractivity contribution >= 4 is 0 Å². The van der Waals surface area contributed by atoms with Gasteiger partial charge in [0.05, 0.1) is 11.0 Å². The van der Waals surface area contributed by atoms with Gasteiger partial charge in [0, 0.05) is 0 Å². The van der Waals surface area contributed by atoms with Gasteiger partial charge in [0.2, 0.25) is 5.89 Å². The first-order chi connectivity index (χ1) is 9.64. The minimum Gasteiger partial charge on any atom is -0.338 e. The zero-order valence-corrected chi connectivity index (χ0v) is 12.1. The normalized spacial score (nSPS) is 17.1. The summed E-state index contributed by atoms with van der Waals surface area (Å²) >= 11 is 0. The molecule has 1 aromatic heterocycles. The molecule has 3 rings (SSSR count). The molecule has 2 N–H and O–H groups in total. The largest absolute Gasteiger partial charge is 0.338 e. The topological polar surface area (TPSA) is 64.9 Å². The van der Waals surface area contributed by atoms with Crippen molar-refractivity contribution in [2.24, 2.45) is 5.73 Å². The molecule has 20 heavy (non-hydrogen) atoms. The Bertz CT molecular complexity index is 583. The van der Waals surface area contributed by atoms with Gasteiger partial charge < -0.3 is 10.3 Å². The zero-order valence-electron chi connectivity index (χ0n) is 12.1. The van der Waals surface area contributed by atoms with E-state index >= 15 is 0 Å². The molecular formula is C16H21N3O. The van der Waals surface area contributed by atoms with Crippen molar-refractivity contribution < 1.29 is 4.52 Å². The summed E-state index contributed by atoms with van der Waals surface area (Å²) in [6.45, 7) is 4.12. The minimum absolute atomic E-state index is 0.0745. The molecule has 1 heterocycles. The van der Waals surface area contributed by atoms with Gasteiger partial charge >= 0.3 is 0 Å². The molecule has 1 fully saturated rings. The SMILES string of the molecule is CCC(N)(CC)c1noc(C2(c3ccccc3)CC2)n1. The number of hydrogen-bond acceptors (Lipinski definition) is 4. The third kappa shape index (κ3) is 1.95. The van der Waals surface area contributed by atoms with Crippen LogP contribution in [0.1, 0.15) is 56.8 Å². The Kier molecular flexibility index (Phi) is 3.13. The first-order valence-corrected chi connectivity index (χ1v) is 7.34. The van der Waals surface area contributed by atoms with Crippen LogP contribution in [0.3, 0.4) is 0 Å². The second-order valence-electron chi connectivity index (χ2n) is 5.73. The monoisotopic (exact) mass is 271 g/mol. The summed E-state index contributed by atoms with van der Waals surface area (Å²) < 4.78 is 5.56. The van der Waals surface area contributed by atoms with E-state index in [1.807, 2.05) is 6.07 Å². The average molecular weight is 271 g/mol. The highest BCUT2D eigenvalue weighted by molar-refractivity contribution is 5.38. The lowest BCUT2D eigenvalue weighted by Crippen LogP contribution is -2.36. The van der Waals surface area contributed by atoms with E-state index in [4.69, 9.17) is 10.3 Å². The van der Waals surface area contributed by atoms with Crippen LogP contribution < -0.4 is 5.73 Å². The molecule has 2 aromatic rings. The van der Waals surface area contributed by atoms with Crippen LogP contribution in [0.15, 0.2) is 34.9 Å². The number of hydrogen-bond donors (Lipinski definition) is 1. The third-order valence-corrected chi connectivity index (χ3v) is 4.62. The Morgan fingerprint density at radius 3 is 2.40 bits per heavy atom. The minimum atomic E-state index is -0.478. The van der Waals surface area contributed by atoms with Crippen molar-refractivity contribution in [2.45, 2.75) is 50.5 Å². The summed E-state index contributed by atoms with van der Waals surface area (Å²) in [4.78, 5) is 4.63. The molecule has 4 heteroatoms. The van der Waals surface area contributed by atoms with Gasteiger partial charge in [0.1, 0.15) is 0 Å². The first-order valence-electron chi connectivity index (χ1n) is 7.34. The number of nitrogens with two attached hydrogens (primary N) is 1. The van der Waals surface area contributed by atoms with Gasteiger partial charge in [-0.15, -0.1) is 0 Å². The van der Waals surface area contributed by atoms with Gasteiger partial charge in [-0.1, -0.05) is 49.3 Å². The van der Waals surface area contributed by atoms with Gasteiger partial charge in [-0.05, 0) is 31.2 Å². The molecule has 106 valence electrons. The number of aromatic nitrogens is 2. The lowest BCUT2D eigenvalue weighted by Gasteiger charge is -2.21. The molecule has 4 nitrogen and oxygen atoms in total. The van der Waals surface area contributed by atoms with E-state index in [-0.39, 0.29) is 5.41 Å². The fourth-order valence-electron chi connectivity index (χ4n) is 2.69. The molecular weight excluding hydrogens is 250 g/mol. The Balaban J connectivity index is 1.95. The van der Waals surface area contributed by atoms with Crippen LogP contribution in [0.5, 0.6) is 0 Å². The standard InChI is InChI=1S/C16H21N3O/c1-3-16(17,4-2)13-18-14(20-19-13)15(10-11-15)12-8-6-5-7-9-12/h5-9H,3-4,10-11,17H2,1-2H3. The molecule has 0 saturated heterocycles. The molecule has 0 aliphatic heterocycles. The van der Waals surface area contributed by atoms with Crippen molar-refractivity contribution in [1.82, 2.24) is 10.1 Å². The van der Waals surface area contributed by atoms with E-state index in [2.05, 4.69) is 48.3 Å². The molecule has 0 spiro atoms. The van der Waals surface area contributed by atoms with Gasteiger partial charge in [-0.3, -0.25) is 0 Å². The van der Waals surface area contributed by atoms with E-state index in [9.17, 15) is 0 Å². The van der Waals surface area contributed by atoms with E-state index in [0.717, 1.165) is 31.6 Å². The summed E-state index contributed by atoms with van der Waals surface area (Å²) in [7, 11) is 0. The summed E-state index contributed by atoms with van der Waals surface area (Å²) in [5.74, 6) is 1.36. The Hall–Kier alpha value is -1.68. The van der Waals surface area contributed by atoms with Gasteiger partial charge in [0.15, 0.2) is 5.82 Å². The highest BCUT2D eigenvalue weighted by Gasteiger charge is 2.51. The maximum atomic E-state index is 6.35. The van der Waals surface area contributed by atoms with Gasteiger partial charge in [-0.2, -0.15) is 4.98 Å². The van der Waals surface area contributed by atoms with Crippen molar-refractivity contribution in [3.63, 3.8) is 0 Å². The van der Waals surface area contributed by atoms with E-state index in [1.54, 1.807) is 0 Å². The van der Waals surface area contributed by atoms with Gasteiger partial charge in [0.25, 0.3) is 0 Å². The highest BCUT2D eigenvalue weighted by Crippen LogP contribution is 2.52. The summed E-state index contributed by atoms with van der Waals surface area (Å²) in [5, 5.41) is 4.15. The molecule has 0 atom stereocenters. The van der Waals surface area contributed by atoms with E-state index < -0.39 is 5.54 Å². The van der Waals surface area contributed by atoms with Crippen molar-refractivity contribution in [3.8, 4) is 0 Å². The summed E-state index contributed by atoms with van der Waals surface area (Å²) in [6.07, 6.45) is 3.74. The molecule has 1 aliphatic rings.